The second-order valence-corrected chi connectivity index (χ2v) is 8.54. The standard InChI is InChI=1S/C22H28O2/c1-5-22(23)11-10-19-18-8-6-15-12-16(24-4)7-9-17(15)20(18)14(2)13-21(19,22)3/h1,7,9,12,14,18-20,23H,6,8,10-11,13H2,2-4H3/t14-,18-,19+,20-,21-,22-/m0/s1. The molecular weight excluding hydrogens is 296 g/mol. The van der Waals surface area contributed by atoms with Crippen LogP contribution < -0.4 is 4.74 Å². The molecule has 6 atom stereocenters. The van der Waals surface area contributed by atoms with Gasteiger partial charge in [0, 0.05) is 5.41 Å². The lowest BCUT2D eigenvalue weighted by atomic mass is 9.50. The molecule has 3 aliphatic rings. The summed E-state index contributed by atoms with van der Waals surface area (Å²) in [6.07, 6.45) is 10.9. The minimum Gasteiger partial charge on any atom is -0.497 e. The van der Waals surface area contributed by atoms with Gasteiger partial charge in [-0.2, -0.15) is 0 Å². The fourth-order valence-electron chi connectivity index (χ4n) is 6.48. The maximum Gasteiger partial charge on any atom is 0.130 e. The van der Waals surface area contributed by atoms with Crippen molar-refractivity contribution in [3.8, 4) is 18.1 Å². The van der Waals surface area contributed by atoms with Gasteiger partial charge in [0.15, 0.2) is 0 Å². The highest BCUT2D eigenvalue weighted by Crippen LogP contribution is 2.65. The quantitative estimate of drug-likeness (QED) is 0.786. The van der Waals surface area contributed by atoms with Crippen LogP contribution in [0.5, 0.6) is 5.75 Å². The first-order valence-electron chi connectivity index (χ1n) is 9.30. The number of aryl methyl sites for hydroxylation is 1. The molecule has 0 aliphatic heterocycles. The van der Waals surface area contributed by atoms with E-state index in [2.05, 4.69) is 38.0 Å². The Balaban J connectivity index is 1.75. The van der Waals surface area contributed by atoms with Gasteiger partial charge < -0.3 is 9.84 Å². The van der Waals surface area contributed by atoms with Crippen molar-refractivity contribution in [1.29, 1.82) is 0 Å². The third kappa shape index (κ3) is 1.94. The van der Waals surface area contributed by atoms with Crippen LogP contribution in [0.2, 0.25) is 0 Å². The average Bonchev–Trinajstić information content (AvgIpc) is 2.85. The number of benzene rings is 1. The van der Waals surface area contributed by atoms with Crippen molar-refractivity contribution in [3.05, 3.63) is 29.3 Å². The van der Waals surface area contributed by atoms with Gasteiger partial charge in [0.1, 0.15) is 11.4 Å². The summed E-state index contributed by atoms with van der Waals surface area (Å²) in [5.74, 6) is 6.05. The summed E-state index contributed by atoms with van der Waals surface area (Å²) in [4.78, 5) is 0. The van der Waals surface area contributed by atoms with Crippen molar-refractivity contribution < 1.29 is 9.84 Å². The Hall–Kier alpha value is -1.46. The van der Waals surface area contributed by atoms with E-state index in [9.17, 15) is 5.11 Å². The zero-order valence-corrected chi connectivity index (χ0v) is 15.0. The van der Waals surface area contributed by atoms with E-state index >= 15 is 0 Å². The summed E-state index contributed by atoms with van der Waals surface area (Å²) in [6, 6.07) is 6.61. The molecule has 1 aromatic rings. The molecule has 0 aromatic heterocycles. The molecule has 3 aliphatic carbocycles. The molecule has 0 heterocycles. The van der Waals surface area contributed by atoms with E-state index in [4.69, 9.17) is 11.2 Å². The van der Waals surface area contributed by atoms with Crippen LogP contribution in [0.15, 0.2) is 18.2 Å². The second kappa shape index (κ2) is 5.27. The molecule has 2 nitrogen and oxygen atoms in total. The van der Waals surface area contributed by atoms with Crippen LogP contribution in [0.25, 0.3) is 0 Å². The Bertz CT molecular complexity index is 702. The number of aliphatic hydroxyl groups is 1. The van der Waals surface area contributed by atoms with Gasteiger partial charge in [0.25, 0.3) is 0 Å². The molecule has 1 N–H and O–H groups in total. The summed E-state index contributed by atoms with van der Waals surface area (Å²) >= 11 is 0. The van der Waals surface area contributed by atoms with Crippen LogP contribution in [-0.2, 0) is 6.42 Å². The van der Waals surface area contributed by atoms with Gasteiger partial charge in [-0.25, -0.2) is 0 Å². The molecule has 2 saturated carbocycles. The lowest BCUT2D eigenvalue weighted by Crippen LogP contribution is -2.52. The Morgan fingerprint density at radius 3 is 2.83 bits per heavy atom. The van der Waals surface area contributed by atoms with Gasteiger partial charge in [-0.15, -0.1) is 6.42 Å². The highest BCUT2D eigenvalue weighted by Gasteiger charge is 2.62. The van der Waals surface area contributed by atoms with E-state index in [1.165, 1.54) is 17.5 Å². The van der Waals surface area contributed by atoms with Crippen LogP contribution in [0.3, 0.4) is 0 Å². The predicted octanol–water partition coefficient (Wildman–Crippen LogP) is 4.16. The zero-order chi connectivity index (χ0) is 17.1. The molecule has 0 bridgehead atoms. The van der Waals surface area contributed by atoms with E-state index in [1.807, 2.05) is 0 Å². The van der Waals surface area contributed by atoms with Crippen LogP contribution in [-0.4, -0.2) is 17.8 Å². The van der Waals surface area contributed by atoms with Crippen LogP contribution in [0, 0.1) is 35.5 Å². The van der Waals surface area contributed by atoms with Crippen molar-refractivity contribution in [2.45, 2.75) is 57.5 Å². The average molecular weight is 324 g/mol. The van der Waals surface area contributed by atoms with Crippen molar-refractivity contribution in [2.75, 3.05) is 7.11 Å². The SMILES string of the molecule is C#C[C@]1(O)CC[C@@H]2[C@@H]3CCc4cc(OC)ccc4[C@@H]3[C@@H](C)C[C@@]21C. The fraction of sp³-hybridized carbons (Fsp3) is 0.636. The third-order valence-electron chi connectivity index (χ3n) is 7.61. The minimum atomic E-state index is -0.920. The van der Waals surface area contributed by atoms with Crippen molar-refractivity contribution in [2.24, 2.45) is 23.2 Å². The lowest BCUT2D eigenvalue weighted by molar-refractivity contribution is -0.0811. The minimum absolute atomic E-state index is 0.133. The van der Waals surface area contributed by atoms with Crippen molar-refractivity contribution in [3.63, 3.8) is 0 Å². The topological polar surface area (TPSA) is 29.5 Å². The number of terminal acetylenes is 1. The Labute approximate surface area is 145 Å². The van der Waals surface area contributed by atoms with Gasteiger partial charge in [0.05, 0.1) is 7.11 Å². The Morgan fingerprint density at radius 1 is 1.33 bits per heavy atom. The number of hydrogen-bond donors (Lipinski definition) is 1. The van der Waals surface area contributed by atoms with Gasteiger partial charge in [-0.3, -0.25) is 0 Å². The molecule has 4 rings (SSSR count). The highest BCUT2D eigenvalue weighted by atomic mass is 16.5. The highest BCUT2D eigenvalue weighted by molar-refractivity contribution is 5.41. The maximum atomic E-state index is 11.1. The van der Waals surface area contributed by atoms with Crippen LogP contribution in [0.1, 0.15) is 56.6 Å². The number of fused-ring (bicyclic) bond motifs is 5. The Kier molecular flexibility index (Phi) is 3.52. The Morgan fingerprint density at radius 2 is 2.12 bits per heavy atom. The molecule has 2 fully saturated rings. The molecule has 0 saturated heterocycles. The van der Waals surface area contributed by atoms with E-state index in [0.29, 0.717) is 23.7 Å². The first-order chi connectivity index (χ1) is 11.4. The van der Waals surface area contributed by atoms with Crippen molar-refractivity contribution >= 4 is 0 Å². The summed E-state index contributed by atoms with van der Waals surface area (Å²) in [5.41, 5.74) is 1.91. The smallest absolute Gasteiger partial charge is 0.130 e. The lowest BCUT2D eigenvalue weighted by Gasteiger charge is -2.54. The first kappa shape index (κ1) is 16.0. The largest absolute Gasteiger partial charge is 0.497 e. The maximum absolute atomic E-state index is 11.1. The number of methoxy groups -OCH3 is 1. The molecule has 24 heavy (non-hydrogen) atoms. The van der Waals surface area contributed by atoms with Crippen LogP contribution in [0.4, 0.5) is 0 Å². The van der Waals surface area contributed by atoms with E-state index in [-0.39, 0.29) is 5.41 Å². The summed E-state index contributed by atoms with van der Waals surface area (Å²) in [5, 5.41) is 11.1. The number of rotatable bonds is 1. The molecule has 0 amide bonds. The molecule has 1 aromatic carbocycles. The van der Waals surface area contributed by atoms with E-state index in [0.717, 1.165) is 31.4 Å². The zero-order valence-electron chi connectivity index (χ0n) is 15.0. The van der Waals surface area contributed by atoms with Gasteiger partial charge >= 0.3 is 0 Å². The number of ether oxygens (including phenoxy) is 1. The third-order valence-corrected chi connectivity index (χ3v) is 7.61. The molecule has 128 valence electrons. The monoisotopic (exact) mass is 324 g/mol. The molecule has 2 heteroatoms. The molecule has 0 unspecified atom stereocenters. The van der Waals surface area contributed by atoms with Crippen molar-refractivity contribution in [1.82, 2.24) is 0 Å². The van der Waals surface area contributed by atoms with Gasteiger partial charge in [-0.05, 0) is 79.0 Å². The molecular formula is C22H28O2. The van der Waals surface area contributed by atoms with Gasteiger partial charge in [0.2, 0.25) is 0 Å². The second-order valence-electron chi connectivity index (χ2n) is 8.54. The summed E-state index contributed by atoms with van der Waals surface area (Å²) in [7, 11) is 1.74. The predicted molar refractivity (Wildman–Crippen MR) is 95.9 cm³/mol. The first-order valence-corrected chi connectivity index (χ1v) is 9.30. The summed E-state index contributed by atoms with van der Waals surface area (Å²) < 4.78 is 5.42. The van der Waals surface area contributed by atoms with E-state index < -0.39 is 5.60 Å². The van der Waals surface area contributed by atoms with Gasteiger partial charge in [-0.1, -0.05) is 25.8 Å². The molecule has 0 spiro atoms. The normalized spacial score (nSPS) is 43.3. The molecule has 0 radical (unpaired) electrons. The number of hydrogen-bond acceptors (Lipinski definition) is 2. The summed E-state index contributed by atoms with van der Waals surface area (Å²) in [6.45, 7) is 4.61. The van der Waals surface area contributed by atoms with Crippen LogP contribution >= 0.6 is 0 Å². The van der Waals surface area contributed by atoms with E-state index in [1.54, 1.807) is 7.11 Å². The fourth-order valence-corrected chi connectivity index (χ4v) is 6.48.